The first-order valence-corrected chi connectivity index (χ1v) is 9.87. The number of amides is 2. The van der Waals surface area contributed by atoms with Crippen molar-refractivity contribution >= 4 is 17.5 Å². The molecule has 1 saturated heterocycles. The minimum atomic E-state index is -0.601. The van der Waals surface area contributed by atoms with Crippen molar-refractivity contribution in [3.63, 3.8) is 0 Å². The molecule has 2 rings (SSSR count). The predicted molar refractivity (Wildman–Crippen MR) is 106 cm³/mol. The summed E-state index contributed by atoms with van der Waals surface area (Å²) in [6.45, 7) is 10.5. The van der Waals surface area contributed by atoms with Crippen molar-refractivity contribution in [2.75, 3.05) is 31.5 Å². The summed E-state index contributed by atoms with van der Waals surface area (Å²) >= 11 is 0. The summed E-state index contributed by atoms with van der Waals surface area (Å²) in [4.78, 5) is 26.5. The Balaban J connectivity index is 1.64. The highest BCUT2D eigenvalue weighted by molar-refractivity contribution is 6.39. The number of rotatable bonds is 7. The van der Waals surface area contributed by atoms with E-state index in [1.807, 2.05) is 18.2 Å². The normalized spacial score (nSPS) is 17.9. The minimum Gasteiger partial charge on any atom is -0.348 e. The molecule has 0 aromatic heterocycles. The van der Waals surface area contributed by atoms with Crippen molar-refractivity contribution in [1.82, 2.24) is 10.2 Å². The Kier molecular flexibility index (Phi) is 8.10. The third-order valence-electron chi connectivity index (χ3n) is 4.95. The third kappa shape index (κ3) is 6.79. The number of hydrogen-bond donors (Lipinski definition) is 2. The second kappa shape index (κ2) is 10.3. The van der Waals surface area contributed by atoms with Crippen LogP contribution in [0.4, 0.5) is 5.69 Å². The molecule has 0 aliphatic carbocycles. The molecule has 0 saturated carbocycles. The summed E-state index contributed by atoms with van der Waals surface area (Å²) in [5.74, 6) is 0.00669. The summed E-state index contributed by atoms with van der Waals surface area (Å²) in [7, 11) is 0. The number of carbonyl (C=O) groups excluding carboxylic acids is 2. The van der Waals surface area contributed by atoms with Crippen LogP contribution in [0.3, 0.4) is 0 Å². The minimum absolute atomic E-state index is 0.378. The van der Waals surface area contributed by atoms with Gasteiger partial charge in [-0.3, -0.25) is 9.59 Å². The molecular weight excluding hydrogens is 326 g/mol. The number of nitrogens with one attached hydrogen (secondary N) is 2. The molecule has 2 N–H and O–H groups in total. The van der Waals surface area contributed by atoms with Gasteiger partial charge >= 0.3 is 11.8 Å². The zero-order valence-corrected chi connectivity index (χ0v) is 16.4. The molecule has 1 aliphatic heterocycles. The van der Waals surface area contributed by atoms with E-state index in [1.165, 1.54) is 25.9 Å². The van der Waals surface area contributed by atoms with E-state index in [0.29, 0.717) is 18.2 Å². The summed E-state index contributed by atoms with van der Waals surface area (Å²) in [5.41, 5.74) is 1.80. The topological polar surface area (TPSA) is 61.4 Å². The van der Waals surface area contributed by atoms with Crippen LogP contribution in [0.15, 0.2) is 24.3 Å². The Bertz CT molecular complexity index is 601. The lowest BCUT2D eigenvalue weighted by atomic mass is 10.0. The van der Waals surface area contributed by atoms with Gasteiger partial charge in [-0.25, -0.2) is 0 Å². The summed E-state index contributed by atoms with van der Waals surface area (Å²) < 4.78 is 0. The Morgan fingerprint density at radius 3 is 2.77 bits per heavy atom. The van der Waals surface area contributed by atoms with Gasteiger partial charge in [-0.15, -0.1) is 0 Å². The maximum atomic E-state index is 12.0. The van der Waals surface area contributed by atoms with Crippen LogP contribution in [0.1, 0.15) is 57.9 Å². The largest absolute Gasteiger partial charge is 0.348 e. The maximum Gasteiger partial charge on any atom is 0.313 e. The van der Waals surface area contributed by atoms with Crippen molar-refractivity contribution in [1.29, 1.82) is 0 Å². The molecular formula is C21H33N3O2. The fourth-order valence-corrected chi connectivity index (χ4v) is 3.40. The van der Waals surface area contributed by atoms with Crippen molar-refractivity contribution in [2.24, 2.45) is 5.92 Å². The SMILES string of the molecule is CC1CCCN(CCCCNC(=O)C(=O)Nc2cccc(C(C)C)c2)C1. The summed E-state index contributed by atoms with van der Waals surface area (Å²) in [6, 6.07) is 7.62. The van der Waals surface area contributed by atoms with Crippen LogP contribution in [-0.2, 0) is 9.59 Å². The third-order valence-corrected chi connectivity index (χ3v) is 4.95. The van der Waals surface area contributed by atoms with Crippen molar-refractivity contribution in [3.8, 4) is 0 Å². The maximum absolute atomic E-state index is 12.0. The van der Waals surface area contributed by atoms with Gasteiger partial charge in [0.15, 0.2) is 0 Å². The molecule has 26 heavy (non-hydrogen) atoms. The smallest absolute Gasteiger partial charge is 0.313 e. The van der Waals surface area contributed by atoms with Gasteiger partial charge in [0.25, 0.3) is 0 Å². The molecule has 0 bridgehead atoms. The van der Waals surface area contributed by atoms with Crippen LogP contribution < -0.4 is 10.6 Å². The number of benzene rings is 1. The highest BCUT2D eigenvalue weighted by atomic mass is 16.2. The molecule has 0 spiro atoms. The number of hydrogen-bond acceptors (Lipinski definition) is 3. The number of nitrogens with zero attached hydrogens (tertiary/aromatic N) is 1. The molecule has 2 amide bonds. The van der Waals surface area contributed by atoms with E-state index in [0.717, 1.165) is 30.9 Å². The fraction of sp³-hybridized carbons (Fsp3) is 0.619. The first kappa shape index (κ1) is 20.4. The number of likely N-dealkylation sites (tertiary alicyclic amines) is 1. The number of piperidine rings is 1. The lowest BCUT2D eigenvalue weighted by molar-refractivity contribution is -0.136. The molecule has 144 valence electrons. The highest BCUT2D eigenvalue weighted by Gasteiger charge is 2.16. The molecule has 0 radical (unpaired) electrons. The first-order chi connectivity index (χ1) is 12.5. The molecule has 1 aliphatic rings. The van der Waals surface area contributed by atoms with E-state index in [4.69, 9.17) is 0 Å². The van der Waals surface area contributed by atoms with Crippen molar-refractivity contribution < 1.29 is 9.59 Å². The van der Waals surface area contributed by atoms with Gasteiger partial charge in [-0.1, -0.05) is 32.9 Å². The van der Waals surface area contributed by atoms with Crippen LogP contribution >= 0.6 is 0 Å². The molecule has 5 nitrogen and oxygen atoms in total. The molecule has 1 heterocycles. The highest BCUT2D eigenvalue weighted by Crippen LogP contribution is 2.18. The van der Waals surface area contributed by atoms with Crippen LogP contribution in [0.25, 0.3) is 0 Å². The Morgan fingerprint density at radius 2 is 2.04 bits per heavy atom. The first-order valence-electron chi connectivity index (χ1n) is 9.87. The quantitative estimate of drug-likeness (QED) is 0.579. The standard InChI is InChI=1S/C21H33N3O2/c1-16(2)18-9-6-10-19(14-18)23-21(26)20(25)22-11-4-5-12-24-13-7-8-17(3)15-24/h6,9-10,14,16-17H,4-5,7-8,11-13,15H2,1-3H3,(H,22,25)(H,23,26). The Labute approximate surface area is 157 Å². The van der Waals surface area contributed by atoms with Crippen molar-refractivity contribution in [3.05, 3.63) is 29.8 Å². The van der Waals surface area contributed by atoms with E-state index >= 15 is 0 Å². The fourth-order valence-electron chi connectivity index (χ4n) is 3.40. The second-order valence-electron chi connectivity index (χ2n) is 7.75. The lowest BCUT2D eigenvalue weighted by Gasteiger charge is -2.30. The van der Waals surface area contributed by atoms with Gasteiger partial charge in [0.05, 0.1) is 0 Å². The van der Waals surface area contributed by atoms with Gasteiger partial charge in [-0.05, 0) is 68.3 Å². The van der Waals surface area contributed by atoms with Crippen LogP contribution in [0.5, 0.6) is 0 Å². The van der Waals surface area contributed by atoms with Crippen LogP contribution in [0, 0.1) is 5.92 Å². The molecule has 1 unspecified atom stereocenters. The summed E-state index contributed by atoms with van der Waals surface area (Å²) in [5, 5.41) is 5.39. The Hall–Kier alpha value is -1.88. The van der Waals surface area contributed by atoms with E-state index < -0.39 is 11.8 Å². The zero-order valence-electron chi connectivity index (χ0n) is 16.4. The van der Waals surface area contributed by atoms with Gasteiger partial charge in [0, 0.05) is 18.8 Å². The van der Waals surface area contributed by atoms with Gasteiger partial charge in [-0.2, -0.15) is 0 Å². The van der Waals surface area contributed by atoms with Crippen LogP contribution in [-0.4, -0.2) is 42.9 Å². The van der Waals surface area contributed by atoms with E-state index in [9.17, 15) is 9.59 Å². The van der Waals surface area contributed by atoms with E-state index in [2.05, 4.69) is 36.3 Å². The summed E-state index contributed by atoms with van der Waals surface area (Å²) in [6.07, 6.45) is 4.57. The number of carbonyl (C=O) groups is 2. The van der Waals surface area contributed by atoms with E-state index in [-0.39, 0.29) is 0 Å². The van der Waals surface area contributed by atoms with E-state index in [1.54, 1.807) is 6.07 Å². The van der Waals surface area contributed by atoms with Crippen molar-refractivity contribution in [2.45, 2.75) is 52.4 Å². The van der Waals surface area contributed by atoms with Gasteiger partial charge in [0.1, 0.15) is 0 Å². The zero-order chi connectivity index (χ0) is 18.9. The average molecular weight is 360 g/mol. The average Bonchev–Trinajstić information content (AvgIpc) is 2.61. The molecule has 5 heteroatoms. The molecule has 1 aromatic rings. The predicted octanol–water partition coefficient (Wildman–Crippen LogP) is 3.38. The van der Waals surface area contributed by atoms with Gasteiger partial charge in [0.2, 0.25) is 0 Å². The number of unbranched alkanes of at least 4 members (excludes halogenated alkanes) is 1. The van der Waals surface area contributed by atoms with Crippen LogP contribution in [0.2, 0.25) is 0 Å². The van der Waals surface area contributed by atoms with Gasteiger partial charge < -0.3 is 15.5 Å². The second-order valence-corrected chi connectivity index (χ2v) is 7.75. The molecule has 1 atom stereocenters. The molecule has 1 aromatic carbocycles. The lowest BCUT2D eigenvalue weighted by Crippen LogP contribution is -2.37. The monoisotopic (exact) mass is 359 g/mol. The number of anilines is 1. The molecule has 1 fully saturated rings. The Morgan fingerprint density at radius 1 is 1.23 bits per heavy atom.